The third-order valence-corrected chi connectivity index (χ3v) is 8.94. The highest BCUT2D eigenvalue weighted by Crippen LogP contribution is 2.53. The number of alkyl halides is 2. The summed E-state index contributed by atoms with van der Waals surface area (Å²) in [6.45, 7) is -2.92. The van der Waals surface area contributed by atoms with Gasteiger partial charge in [0.15, 0.2) is 0 Å². The smallest absolute Gasteiger partial charge is 0.387 e. The average molecular weight is 474 g/mol. The molecule has 2 unspecified atom stereocenters. The number of fused-ring (bicyclic) bond motifs is 1. The number of halogens is 2. The maximum absolute atomic E-state index is 12.8. The second kappa shape index (κ2) is 8.49. The maximum atomic E-state index is 12.8. The van der Waals surface area contributed by atoms with Gasteiger partial charge in [-0.3, -0.25) is 4.72 Å². The average Bonchev–Trinajstić information content (AvgIpc) is 2.98. The summed E-state index contributed by atoms with van der Waals surface area (Å²) >= 11 is 0. The lowest BCUT2D eigenvalue weighted by Crippen LogP contribution is -2.41. The molecule has 5 rings (SSSR count). The Hall–Kier alpha value is -2.86. The molecule has 0 spiro atoms. The Morgan fingerprint density at radius 2 is 1.76 bits per heavy atom. The zero-order chi connectivity index (χ0) is 23.2. The Kier molecular flexibility index (Phi) is 5.65. The molecule has 1 aliphatic heterocycles. The van der Waals surface area contributed by atoms with Crippen molar-refractivity contribution in [1.29, 1.82) is 5.26 Å². The lowest BCUT2D eigenvalue weighted by Gasteiger charge is -2.41. The second-order valence-corrected chi connectivity index (χ2v) is 10.9. The van der Waals surface area contributed by atoms with Crippen LogP contribution in [0.15, 0.2) is 42.5 Å². The molecule has 2 fully saturated rings. The van der Waals surface area contributed by atoms with E-state index in [1.807, 2.05) is 12.1 Å². The minimum absolute atomic E-state index is 0.0752. The number of ether oxygens (including phenoxy) is 1. The zero-order valence-electron chi connectivity index (χ0n) is 18.0. The predicted molar refractivity (Wildman–Crippen MR) is 121 cm³/mol. The van der Waals surface area contributed by atoms with E-state index in [1.54, 1.807) is 24.3 Å². The molecule has 1 N–H and O–H groups in total. The van der Waals surface area contributed by atoms with E-state index in [2.05, 4.69) is 20.4 Å². The van der Waals surface area contributed by atoms with E-state index in [-0.39, 0.29) is 23.1 Å². The summed E-state index contributed by atoms with van der Waals surface area (Å²) in [5.41, 5.74) is 2.93. The minimum Gasteiger partial charge on any atom is -0.435 e. The van der Waals surface area contributed by atoms with Crippen LogP contribution in [-0.2, 0) is 10.0 Å². The van der Waals surface area contributed by atoms with Gasteiger partial charge < -0.3 is 9.64 Å². The van der Waals surface area contributed by atoms with Gasteiger partial charge in [-0.15, -0.1) is 0 Å². The summed E-state index contributed by atoms with van der Waals surface area (Å²) in [4.78, 5) is 2.17. The quantitative estimate of drug-likeness (QED) is 0.590. The Morgan fingerprint density at radius 1 is 1.06 bits per heavy atom. The molecule has 3 aliphatic rings. The number of hydrogen-bond acceptors (Lipinski definition) is 5. The Bertz CT molecular complexity index is 1170. The molecule has 174 valence electrons. The SMILES string of the molecule is N#CC1c2ccc(OC(F)F)cc2N(C2CCC2)C1c1ccc(NS(=O)(=O)C2CCC2)cc1. The lowest BCUT2D eigenvalue weighted by molar-refractivity contribution is -0.0498. The van der Waals surface area contributed by atoms with Crippen molar-refractivity contribution in [3.8, 4) is 11.8 Å². The van der Waals surface area contributed by atoms with Gasteiger partial charge in [-0.25, -0.2) is 8.42 Å². The van der Waals surface area contributed by atoms with Crippen molar-refractivity contribution in [2.45, 2.75) is 68.4 Å². The molecule has 0 amide bonds. The number of benzene rings is 2. The zero-order valence-corrected chi connectivity index (χ0v) is 18.8. The molecule has 33 heavy (non-hydrogen) atoms. The monoisotopic (exact) mass is 473 g/mol. The molecular weight excluding hydrogens is 448 g/mol. The van der Waals surface area contributed by atoms with Crippen molar-refractivity contribution in [1.82, 2.24) is 0 Å². The van der Waals surface area contributed by atoms with Gasteiger partial charge in [-0.05, 0) is 61.4 Å². The molecular formula is C24H25F2N3O3S. The minimum atomic E-state index is -3.39. The van der Waals surface area contributed by atoms with Crippen LogP contribution in [0, 0.1) is 11.3 Å². The van der Waals surface area contributed by atoms with Crippen LogP contribution in [0.5, 0.6) is 5.75 Å². The van der Waals surface area contributed by atoms with E-state index in [9.17, 15) is 22.5 Å². The first-order chi connectivity index (χ1) is 15.9. The molecule has 0 saturated heterocycles. The normalized spacial score (nSPS) is 22.9. The van der Waals surface area contributed by atoms with Gasteiger partial charge in [-0.2, -0.15) is 14.0 Å². The summed E-state index contributed by atoms with van der Waals surface area (Å²) < 4.78 is 57.7. The highest BCUT2D eigenvalue weighted by Gasteiger charge is 2.44. The summed E-state index contributed by atoms with van der Waals surface area (Å²) in [6.07, 6.45) is 5.32. The largest absolute Gasteiger partial charge is 0.435 e. The fourth-order valence-corrected chi connectivity index (χ4v) is 6.51. The van der Waals surface area contributed by atoms with Crippen molar-refractivity contribution >= 4 is 21.4 Å². The number of nitrogens with zero attached hydrogens (tertiary/aromatic N) is 2. The number of anilines is 2. The van der Waals surface area contributed by atoms with E-state index < -0.39 is 22.6 Å². The number of rotatable bonds is 7. The van der Waals surface area contributed by atoms with Gasteiger partial charge in [0.25, 0.3) is 0 Å². The standard InChI is InChI=1S/C24H25F2N3O3S/c25-24(26)32-18-11-12-20-21(14-27)23(29(22(20)13-18)17-3-1-4-17)15-7-9-16(10-8-15)28-33(30,31)19-5-2-6-19/h7-13,17,19,21,23-24,28H,1-6H2. The van der Waals surface area contributed by atoms with E-state index in [0.29, 0.717) is 18.5 Å². The summed E-state index contributed by atoms with van der Waals surface area (Å²) in [5.74, 6) is -0.398. The molecule has 0 radical (unpaired) electrons. The van der Waals surface area contributed by atoms with Gasteiger partial charge in [0.1, 0.15) is 5.75 Å². The van der Waals surface area contributed by atoms with Gasteiger partial charge >= 0.3 is 6.61 Å². The van der Waals surface area contributed by atoms with Gasteiger partial charge in [0.05, 0.1) is 23.3 Å². The topological polar surface area (TPSA) is 82.4 Å². The highest BCUT2D eigenvalue weighted by atomic mass is 32.2. The summed E-state index contributed by atoms with van der Waals surface area (Å²) in [7, 11) is -3.39. The Balaban J connectivity index is 1.46. The van der Waals surface area contributed by atoms with Gasteiger partial charge in [0, 0.05) is 23.5 Å². The number of nitrogens with one attached hydrogen (secondary N) is 1. The van der Waals surface area contributed by atoms with E-state index in [4.69, 9.17) is 0 Å². The van der Waals surface area contributed by atoms with Crippen molar-refractivity contribution in [2.75, 3.05) is 9.62 Å². The Morgan fingerprint density at radius 3 is 2.30 bits per heavy atom. The van der Waals surface area contributed by atoms with Crippen molar-refractivity contribution in [3.05, 3.63) is 53.6 Å². The van der Waals surface area contributed by atoms with Crippen LogP contribution < -0.4 is 14.4 Å². The molecule has 2 atom stereocenters. The van der Waals surface area contributed by atoms with Crippen LogP contribution in [0.4, 0.5) is 20.2 Å². The molecule has 6 nitrogen and oxygen atoms in total. The van der Waals surface area contributed by atoms with E-state index in [1.165, 1.54) is 6.07 Å². The Labute approximate surface area is 192 Å². The number of sulfonamides is 1. The molecule has 2 aliphatic carbocycles. The maximum Gasteiger partial charge on any atom is 0.387 e. The molecule has 0 bridgehead atoms. The van der Waals surface area contributed by atoms with Crippen molar-refractivity contribution < 1.29 is 21.9 Å². The predicted octanol–water partition coefficient (Wildman–Crippen LogP) is 5.30. The third kappa shape index (κ3) is 4.01. The van der Waals surface area contributed by atoms with Gasteiger partial charge in [0.2, 0.25) is 10.0 Å². The summed E-state index contributed by atoms with van der Waals surface area (Å²) in [5, 5.41) is 9.70. The molecule has 0 aromatic heterocycles. The molecule has 2 aromatic carbocycles. The lowest BCUT2D eigenvalue weighted by atomic mass is 9.87. The van der Waals surface area contributed by atoms with E-state index in [0.717, 1.165) is 42.5 Å². The molecule has 2 saturated carbocycles. The summed E-state index contributed by atoms with van der Waals surface area (Å²) in [6, 6.07) is 14.3. The second-order valence-electron chi connectivity index (χ2n) is 8.96. The van der Waals surface area contributed by atoms with Crippen LogP contribution in [0.1, 0.15) is 61.6 Å². The van der Waals surface area contributed by atoms with Crippen LogP contribution in [0.25, 0.3) is 0 Å². The fourth-order valence-electron chi connectivity index (χ4n) is 4.93. The first kappa shape index (κ1) is 22.0. The molecule has 2 aromatic rings. The fraction of sp³-hybridized carbons (Fsp3) is 0.458. The van der Waals surface area contributed by atoms with Crippen molar-refractivity contribution in [2.24, 2.45) is 0 Å². The number of hydrogen-bond donors (Lipinski definition) is 1. The van der Waals surface area contributed by atoms with Gasteiger partial charge in [-0.1, -0.05) is 24.6 Å². The first-order valence-corrected chi connectivity index (χ1v) is 12.8. The number of nitriles is 1. The van der Waals surface area contributed by atoms with Crippen LogP contribution in [0.2, 0.25) is 0 Å². The molecule has 1 heterocycles. The van der Waals surface area contributed by atoms with E-state index >= 15 is 0 Å². The van der Waals surface area contributed by atoms with Crippen molar-refractivity contribution in [3.63, 3.8) is 0 Å². The van der Waals surface area contributed by atoms with Crippen LogP contribution in [0.3, 0.4) is 0 Å². The van der Waals surface area contributed by atoms with Crippen LogP contribution in [-0.4, -0.2) is 26.3 Å². The molecule has 9 heteroatoms. The van der Waals surface area contributed by atoms with Crippen LogP contribution >= 0.6 is 0 Å². The first-order valence-electron chi connectivity index (χ1n) is 11.3. The third-order valence-electron chi connectivity index (χ3n) is 7.07. The highest BCUT2D eigenvalue weighted by molar-refractivity contribution is 7.93.